The molecule has 0 unspecified atom stereocenters. The van der Waals surface area contributed by atoms with Crippen molar-refractivity contribution in [3.63, 3.8) is 0 Å². The zero-order valence-corrected chi connectivity index (χ0v) is 29.2. The first-order valence-electron chi connectivity index (χ1n) is 16.7. The first-order valence-corrected chi connectivity index (χ1v) is 17.1. The first kappa shape index (κ1) is 36.0. The summed E-state index contributed by atoms with van der Waals surface area (Å²) >= 11 is 5.91. The van der Waals surface area contributed by atoms with Gasteiger partial charge in [-0.25, -0.2) is 19.2 Å². The Morgan fingerprint density at radius 2 is 1.15 bits per heavy atom. The molecule has 266 valence electrons. The largest absolute Gasteiger partial charge is 0.463 e. The van der Waals surface area contributed by atoms with Crippen LogP contribution in [0.2, 0.25) is 0 Å². The van der Waals surface area contributed by atoms with Crippen LogP contribution in [0.15, 0.2) is 133 Å². The quantitative estimate of drug-likeness (QED) is 0.114. The third-order valence-electron chi connectivity index (χ3n) is 8.59. The molecule has 4 aromatic rings. The molecule has 5 atom stereocenters. The highest BCUT2D eigenvalue weighted by Gasteiger charge is 2.55. The van der Waals surface area contributed by atoms with Crippen molar-refractivity contribution in [2.75, 3.05) is 13.2 Å². The van der Waals surface area contributed by atoms with E-state index in [4.69, 9.17) is 35.9 Å². The molecule has 0 spiro atoms. The average Bonchev–Trinajstić information content (AvgIpc) is 3.50. The number of ether oxygens (including phenoxy) is 5. The number of hydrogen-bond acceptors (Lipinski definition) is 10. The molecule has 1 saturated heterocycles. The lowest BCUT2D eigenvalue weighted by atomic mass is 9.94. The molecule has 1 N–H and O–H groups in total. The highest BCUT2D eigenvalue weighted by Crippen LogP contribution is 2.38. The Hall–Kier alpha value is -5.85. The van der Waals surface area contributed by atoms with Gasteiger partial charge in [0.2, 0.25) is 0 Å². The van der Waals surface area contributed by atoms with E-state index in [-0.39, 0.29) is 35.0 Å². The average molecular weight is 721 g/mol. The van der Waals surface area contributed by atoms with E-state index in [9.17, 15) is 19.2 Å². The van der Waals surface area contributed by atoms with Crippen molar-refractivity contribution < 1.29 is 42.9 Å². The van der Waals surface area contributed by atoms with E-state index in [2.05, 4.69) is 5.32 Å². The van der Waals surface area contributed by atoms with Gasteiger partial charge in [0.15, 0.2) is 23.5 Å². The van der Waals surface area contributed by atoms with Crippen LogP contribution in [0.5, 0.6) is 0 Å². The molecule has 0 radical (unpaired) electrons. The Morgan fingerprint density at radius 1 is 0.673 bits per heavy atom. The van der Waals surface area contributed by atoms with Crippen LogP contribution in [0.25, 0.3) is 0 Å². The van der Waals surface area contributed by atoms with Gasteiger partial charge < -0.3 is 29.0 Å². The molecule has 2 aliphatic heterocycles. The third kappa shape index (κ3) is 7.88. The van der Waals surface area contributed by atoms with Crippen molar-refractivity contribution in [3.05, 3.63) is 155 Å². The van der Waals surface area contributed by atoms with Gasteiger partial charge in [0.05, 0.1) is 34.9 Å². The van der Waals surface area contributed by atoms with Gasteiger partial charge >= 0.3 is 23.9 Å². The number of rotatable bonds is 11. The molecule has 0 amide bonds. The third-order valence-corrected chi connectivity index (χ3v) is 8.90. The van der Waals surface area contributed by atoms with Gasteiger partial charge in [-0.3, -0.25) is 4.90 Å². The molecule has 11 nitrogen and oxygen atoms in total. The Bertz CT molecular complexity index is 1940. The number of nitrogens with zero attached hydrogens (tertiary/aromatic N) is 1. The highest BCUT2D eigenvalue weighted by atomic mass is 32.1. The number of carbonyl (C=O) groups is 4. The summed E-state index contributed by atoms with van der Waals surface area (Å²) in [5.74, 6) is -2.68. The molecule has 4 aromatic carbocycles. The van der Waals surface area contributed by atoms with Gasteiger partial charge in [0.1, 0.15) is 12.7 Å². The maximum absolute atomic E-state index is 13.7. The van der Waals surface area contributed by atoms with Gasteiger partial charge in [-0.15, -0.1) is 0 Å². The molecule has 0 aromatic heterocycles. The van der Waals surface area contributed by atoms with Crippen LogP contribution < -0.4 is 5.32 Å². The van der Waals surface area contributed by atoms with Crippen LogP contribution >= 0.6 is 12.2 Å². The first-order chi connectivity index (χ1) is 25.3. The van der Waals surface area contributed by atoms with Gasteiger partial charge in [-0.05, 0) is 68.0 Å². The van der Waals surface area contributed by atoms with Crippen LogP contribution in [0.4, 0.5) is 0 Å². The number of esters is 4. The lowest BCUT2D eigenvalue weighted by Gasteiger charge is -2.41. The van der Waals surface area contributed by atoms with E-state index >= 15 is 0 Å². The molecule has 6 rings (SSSR count). The second-order valence-corrected chi connectivity index (χ2v) is 12.3. The van der Waals surface area contributed by atoms with E-state index < -0.39 is 54.5 Å². The lowest BCUT2D eigenvalue weighted by molar-refractivity contribution is -0.139. The minimum atomic E-state index is -1.34. The minimum absolute atomic E-state index is 0.116. The molecule has 2 aliphatic rings. The summed E-state index contributed by atoms with van der Waals surface area (Å²) < 4.78 is 29.9. The zero-order chi connectivity index (χ0) is 36.6. The van der Waals surface area contributed by atoms with E-state index in [0.29, 0.717) is 11.3 Å². The Labute approximate surface area is 306 Å². The van der Waals surface area contributed by atoms with Crippen molar-refractivity contribution in [1.82, 2.24) is 10.2 Å². The maximum Gasteiger partial charge on any atom is 0.338 e. The number of hydrogen-bond donors (Lipinski definition) is 1. The summed E-state index contributed by atoms with van der Waals surface area (Å²) in [6, 6.07) is 33.5. The smallest absolute Gasteiger partial charge is 0.338 e. The Balaban J connectivity index is 1.42. The number of benzene rings is 4. The van der Waals surface area contributed by atoms with Gasteiger partial charge in [-0.1, -0.05) is 84.9 Å². The van der Waals surface area contributed by atoms with Gasteiger partial charge in [-0.2, -0.15) is 0 Å². The van der Waals surface area contributed by atoms with Crippen molar-refractivity contribution in [1.29, 1.82) is 0 Å². The summed E-state index contributed by atoms with van der Waals surface area (Å²) in [4.78, 5) is 55.4. The standard InChI is InChI=1S/C40H36N2O9S/c1-3-47-39(46)31-25(2)42(40(52)41-32(31)26-16-8-4-9-17-26)35-34(51-38(45)29-22-14-7-15-23-29)33(50-37(44)28-20-12-6-13-21-28)30(49-35)24-48-36(43)27-18-10-5-11-19-27/h4-23,30,32-35H,3,24H2,1-2H3,(H,41,52)/t30-,32-,33+,34+,35+/m0/s1. The molecular weight excluding hydrogens is 685 g/mol. The second kappa shape index (κ2) is 16.4. The molecule has 0 aliphatic carbocycles. The van der Waals surface area contributed by atoms with Crippen LogP contribution in [0.1, 0.15) is 56.5 Å². The Morgan fingerprint density at radius 3 is 1.67 bits per heavy atom. The van der Waals surface area contributed by atoms with E-state index in [0.717, 1.165) is 5.56 Å². The van der Waals surface area contributed by atoms with E-state index in [1.165, 1.54) is 4.90 Å². The molecule has 1 fully saturated rings. The van der Waals surface area contributed by atoms with Crippen LogP contribution in [0.3, 0.4) is 0 Å². The summed E-state index contributed by atoms with van der Waals surface area (Å²) in [7, 11) is 0. The fourth-order valence-corrected chi connectivity index (χ4v) is 6.46. The van der Waals surface area contributed by atoms with Crippen molar-refractivity contribution in [2.24, 2.45) is 0 Å². The fourth-order valence-electron chi connectivity index (χ4n) is 6.10. The monoisotopic (exact) mass is 720 g/mol. The predicted molar refractivity (Wildman–Crippen MR) is 193 cm³/mol. The Kier molecular flexibility index (Phi) is 11.4. The van der Waals surface area contributed by atoms with Crippen LogP contribution in [0, 0.1) is 0 Å². The van der Waals surface area contributed by atoms with E-state index in [1.54, 1.807) is 105 Å². The normalized spacial score (nSPS) is 21.2. The topological polar surface area (TPSA) is 130 Å². The summed E-state index contributed by atoms with van der Waals surface area (Å²) in [6.07, 6.45) is -5.05. The van der Waals surface area contributed by atoms with Gasteiger partial charge in [0, 0.05) is 5.70 Å². The molecule has 0 bridgehead atoms. The molecule has 2 heterocycles. The maximum atomic E-state index is 13.7. The van der Waals surface area contributed by atoms with E-state index in [1.807, 2.05) is 30.3 Å². The van der Waals surface area contributed by atoms with Crippen molar-refractivity contribution in [2.45, 2.75) is 44.4 Å². The molecule has 52 heavy (non-hydrogen) atoms. The minimum Gasteiger partial charge on any atom is -0.463 e. The van der Waals surface area contributed by atoms with Crippen molar-refractivity contribution in [3.8, 4) is 0 Å². The number of allylic oxidation sites excluding steroid dienone is 1. The van der Waals surface area contributed by atoms with Gasteiger partial charge in [0.25, 0.3) is 0 Å². The fraction of sp³-hybridized carbons (Fsp3) is 0.225. The summed E-state index contributed by atoms with van der Waals surface area (Å²) in [6.45, 7) is 3.12. The summed E-state index contributed by atoms with van der Waals surface area (Å²) in [5.41, 5.74) is 2.13. The SMILES string of the molecule is CCOC(=O)C1=C(C)N([C@@H]2O[C@@H](COC(=O)c3ccccc3)[C@@H](OC(=O)c3ccccc3)[C@H]2OC(=O)c2ccccc2)C(=S)N[C@H]1c1ccccc1. The second-order valence-electron chi connectivity index (χ2n) is 11.9. The highest BCUT2D eigenvalue weighted by molar-refractivity contribution is 7.80. The molecular formula is C40H36N2O9S. The lowest BCUT2D eigenvalue weighted by Crippen LogP contribution is -2.56. The molecule has 12 heteroatoms. The zero-order valence-electron chi connectivity index (χ0n) is 28.4. The van der Waals surface area contributed by atoms with Crippen molar-refractivity contribution >= 4 is 41.2 Å². The number of thiocarbonyl (C=S) groups is 1. The number of carbonyl (C=O) groups excluding carboxylic acids is 4. The molecule has 0 saturated carbocycles. The van der Waals surface area contributed by atoms with Crippen LogP contribution in [-0.2, 0) is 28.5 Å². The number of nitrogens with one attached hydrogen (secondary N) is 1. The van der Waals surface area contributed by atoms with Crippen LogP contribution in [-0.4, -0.2) is 71.6 Å². The predicted octanol–water partition coefficient (Wildman–Crippen LogP) is 5.79. The summed E-state index contributed by atoms with van der Waals surface area (Å²) in [5, 5.41) is 3.38.